The highest BCUT2D eigenvalue weighted by atomic mass is 79.9. The SMILES string of the molecule is COc1cc(Br)c(/C=C2\C(=O)NC(=O)N(c3ccccc3)C2=O)cc1OC. The Kier molecular flexibility index (Phi) is 5.27. The first kappa shape index (κ1) is 18.7. The highest BCUT2D eigenvalue weighted by Crippen LogP contribution is 2.34. The molecule has 0 radical (unpaired) electrons. The van der Waals surface area contributed by atoms with E-state index in [2.05, 4.69) is 21.2 Å². The van der Waals surface area contributed by atoms with Crippen LogP contribution in [0.2, 0.25) is 0 Å². The molecule has 0 unspecified atom stereocenters. The zero-order valence-electron chi connectivity index (χ0n) is 14.5. The van der Waals surface area contributed by atoms with Gasteiger partial charge in [-0.15, -0.1) is 0 Å². The largest absolute Gasteiger partial charge is 0.493 e. The van der Waals surface area contributed by atoms with Crippen LogP contribution in [0.5, 0.6) is 11.5 Å². The van der Waals surface area contributed by atoms with Crippen LogP contribution in [-0.2, 0) is 9.59 Å². The highest BCUT2D eigenvalue weighted by molar-refractivity contribution is 9.10. The lowest BCUT2D eigenvalue weighted by atomic mass is 10.1. The van der Waals surface area contributed by atoms with Crippen LogP contribution in [0.25, 0.3) is 6.08 Å². The van der Waals surface area contributed by atoms with Crippen LogP contribution < -0.4 is 19.7 Å². The number of benzene rings is 2. The van der Waals surface area contributed by atoms with Gasteiger partial charge in [0.15, 0.2) is 11.5 Å². The van der Waals surface area contributed by atoms with Gasteiger partial charge in [0, 0.05) is 4.47 Å². The molecule has 2 aromatic carbocycles. The third kappa shape index (κ3) is 3.56. The molecule has 138 valence electrons. The number of nitrogens with zero attached hydrogens (tertiary/aromatic N) is 1. The number of ether oxygens (including phenoxy) is 2. The van der Waals surface area contributed by atoms with Gasteiger partial charge in [0.2, 0.25) is 0 Å². The van der Waals surface area contributed by atoms with E-state index in [0.717, 1.165) is 4.90 Å². The number of carbonyl (C=O) groups is 3. The number of urea groups is 1. The van der Waals surface area contributed by atoms with E-state index in [4.69, 9.17) is 9.47 Å². The fraction of sp³-hybridized carbons (Fsp3) is 0.105. The van der Waals surface area contributed by atoms with Gasteiger partial charge in [0.05, 0.1) is 19.9 Å². The minimum atomic E-state index is -0.792. The molecule has 1 N–H and O–H groups in total. The fourth-order valence-electron chi connectivity index (χ4n) is 2.61. The van der Waals surface area contributed by atoms with Crippen molar-refractivity contribution < 1.29 is 23.9 Å². The molecule has 2 aromatic rings. The van der Waals surface area contributed by atoms with Crippen molar-refractivity contribution >= 4 is 45.5 Å². The molecule has 1 heterocycles. The van der Waals surface area contributed by atoms with Gasteiger partial charge in [-0.1, -0.05) is 34.1 Å². The molecule has 1 saturated heterocycles. The Labute approximate surface area is 163 Å². The summed E-state index contributed by atoms with van der Waals surface area (Å²) < 4.78 is 11.1. The first-order valence-electron chi connectivity index (χ1n) is 7.84. The number of nitrogens with one attached hydrogen (secondary N) is 1. The summed E-state index contributed by atoms with van der Waals surface area (Å²) in [6.45, 7) is 0. The molecule has 1 aliphatic rings. The number of carbonyl (C=O) groups excluding carboxylic acids is 3. The molecular formula is C19H15BrN2O5. The zero-order chi connectivity index (χ0) is 19.6. The molecule has 0 aliphatic carbocycles. The predicted octanol–water partition coefficient (Wildman–Crippen LogP) is 3.13. The number of amides is 4. The molecule has 0 spiro atoms. The average molecular weight is 431 g/mol. The Bertz CT molecular complexity index is 956. The second-order valence-electron chi connectivity index (χ2n) is 5.52. The third-order valence-electron chi connectivity index (χ3n) is 3.92. The van der Waals surface area contributed by atoms with E-state index in [9.17, 15) is 14.4 Å². The number of imide groups is 2. The average Bonchev–Trinajstić information content (AvgIpc) is 2.66. The normalized spacial score (nSPS) is 15.7. The van der Waals surface area contributed by atoms with Crippen molar-refractivity contribution in [3.8, 4) is 11.5 Å². The number of methoxy groups -OCH3 is 2. The summed E-state index contributed by atoms with van der Waals surface area (Å²) in [5.74, 6) is -0.547. The summed E-state index contributed by atoms with van der Waals surface area (Å²) in [5, 5.41) is 2.19. The van der Waals surface area contributed by atoms with Gasteiger partial charge in [-0.05, 0) is 35.9 Å². The Balaban J connectivity index is 2.06. The Morgan fingerprint density at radius 3 is 2.26 bits per heavy atom. The number of rotatable bonds is 4. The Morgan fingerprint density at radius 1 is 1.00 bits per heavy atom. The topological polar surface area (TPSA) is 84.9 Å². The molecule has 4 amide bonds. The zero-order valence-corrected chi connectivity index (χ0v) is 16.1. The van der Waals surface area contributed by atoms with Crippen molar-refractivity contribution in [1.82, 2.24) is 5.32 Å². The predicted molar refractivity (Wildman–Crippen MR) is 103 cm³/mol. The molecule has 1 fully saturated rings. The molecule has 1 aliphatic heterocycles. The van der Waals surface area contributed by atoms with Gasteiger partial charge in [-0.2, -0.15) is 0 Å². The van der Waals surface area contributed by atoms with Crippen molar-refractivity contribution in [2.24, 2.45) is 0 Å². The maximum absolute atomic E-state index is 12.8. The molecule has 27 heavy (non-hydrogen) atoms. The van der Waals surface area contributed by atoms with E-state index in [-0.39, 0.29) is 5.57 Å². The van der Waals surface area contributed by atoms with Gasteiger partial charge >= 0.3 is 6.03 Å². The van der Waals surface area contributed by atoms with Gasteiger partial charge in [-0.3, -0.25) is 14.9 Å². The second kappa shape index (κ2) is 7.63. The molecule has 0 saturated carbocycles. The minimum Gasteiger partial charge on any atom is -0.493 e. The van der Waals surface area contributed by atoms with Crippen LogP contribution in [0.4, 0.5) is 10.5 Å². The number of para-hydroxylation sites is 1. The van der Waals surface area contributed by atoms with Crippen LogP contribution >= 0.6 is 15.9 Å². The summed E-state index contributed by atoms with van der Waals surface area (Å²) >= 11 is 3.39. The monoisotopic (exact) mass is 430 g/mol. The summed E-state index contributed by atoms with van der Waals surface area (Å²) in [6, 6.07) is 10.9. The second-order valence-corrected chi connectivity index (χ2v) is 6.38. The van der Waals surface area contributed by atoms with E-state index in [0.29, 0.717) is 27.2 Å². The van der Waals surface area contributed by atoms with Crippen LogP contribution in [0, 0.1) is 0 Å². The summed E-state index contributed by atoms with van der Waals surface area (Å²) in [6.07, 6.45) is 1.39. The summed E-state index contributed by atoms with van der Waals surface area (Å²) in [5.41, 5.74) is 0.713. The summed E-state index contributed by atoms with van der Waals surface area (Å²) in [7, 11) is 2.99. The number of halogens is 1. The maximum Gasteiger partial charge on any atom is 0.335 e. The summed E-state index contributed by atoms with van der Waals surface area (Å²) in [4.78, 5) is 38.2. The quantitative estimate of drug-likeness (QED) is 0.594. The standard InChI is InChI=1S/C19H15BrN2O5/c1-26-15-9-11(14(20)10-16(15)27-2)8-13-17(23)21-19(25)22(18(13)24)12-6-4-3-5-7-12/h3-10H,1-2H3,(H,21,23,25)/b13-8+. The van der Waals surface area contributed by atoms with Gasteiger partial charge in [0.1, 0.15) is 5.57 Å². The highest BCUT2D eigenvalue weighted by Gasteiger charge is 2.36. The van der Waals surface area contributed by atoms with Crippen molar-refractivity contribution in [2.45, 2.75) is 0 Å². The fourth-order valence-corrected chi connectivity index (χ4v) is 3.04. The van der Waals surface area contributed by atoms with E-state index >= 15 is 0 Å². The van der Waals surface area contributed by atoms with Gasteiger partial charge in [0.25, 0.3) is 11.8 Å². The third-order valence-corrected chi connectivity index (χ3v) is 4.61. The lowest BCUT2D eigenvalue weighted by Gasteiger charge is -2.26. The van der Waals surface area contributed by atoms with Crippen LogP contribution in [0.15, 0.2) is 52.5 Å². The van der Waals surface area contributed by atoms with Crippen LogP contribution in [0.1, 0.15) is 5.56 Å². The number of hydrogen-bond donors (Lipinski definition) is 1. The van der Waals surface area contributed by atoms with Gasteiger partial charge in [-0.25, -0.2) is 9.69 Å². The van der Waals surface area contributed by atoms with E-state index in [1.165, 1.54) is 20.3 Å². The molecule has 7 nitrogen and oxygen atoms in total. The van der Waals surface area contributed by atoms with E-state index < -0.39 is 17.8 Å². The van der Waals surface area contributed by atoms with Crippen molar-refractivity contribution in [1.29, 1.82) is 0 Å². The van der Waals surface area contributed by atoms with Crippen molar-refractivity contribution in [2.75, 3.05) is 19.1 Å². The van der Waals surface area contributed by atoms with E-state index in [1.54, 1.807) is 42.5 Å². The number of anilines is 1. The molecule has 0 aromatic heterocycles. The molecule has 0 atom stereocenters. The number of barbiturate groups is 1. The minimum absolute atomic E-state index is 0.175. The van der Waals surface area contributed by atoms with E-state index in [1.807, 2.05) is 0 Å². The van der Waals surface area contributed by atoms with Gasteiger partial charge < -0.3 is 9.47 Å². The first-order chi connectivity index (χ1) is 13.0. The van der Waals surface area contributed by atoms with Crippen molar-refractivity contribution in [3.05, 3.63) is 58.1 Å². The van der Waals surface area contributed by atoms with Crippen molar-refractivity contribution in [3.63, 3.8) is 0 Å². The Morgan fingerprint density at radius 2 is 1.63 bits per heavy atom. The molecule has 8 heteroatoms. The molecule has 0 bridgehead atoms. The first-order valence-corrected chi connectivity index (χ1v) is 8.63. The van der Waals surface area contributed by atoms with Crippen LogP contribution in [-0.4, -0.2) is 32.1 Å². The number of hydrogen-bond acceptors (Lipinski definition) is 5. The molecular weight excluding hydrogens is 416 g/mol. The lowest BCUT2D eigenvalue weighted by molar-refractivity contribution is -0.122. The molecule has 3 rings (SSSR count). The Hall–Kier alpha value is -3.13. The lowest BCUT2D eigenvalue weighted by Crippen LogP contribution is -2.54. The van der Waals surface area contributed by atoms with Crippen LogP contribution in [0.3, 0.4) is 0 Å². The smallest absolute Gasteiger partial charge is 0.335 e. The maximum atomic E-state index is 12.8.